The van der Waals surface area contributed by atoms with Crippen LogP contribution >= 0.6 is 0 Å². The Bertz CT molecular complexity index is 1430. The van der Waals surface area contributed by atoms with Gasteiger partial charge in [-0.1, -0.05) is 6.42 Å². The summed E-state index contributed by atoms with van der Waals surface area (Å²) < 4.78 is 63.4. The first-order valence-electron chi connectivity index (χ1n) is 13.5. The molecule has 1 aliphatic rings. The van der Waals surface area contributed by atoms with Gasteiger partial charge in [0.25, 0.3) is 5.56 Å². The Morgan fingerprint density at radius 1 is 1.07 bits per heavy atom. The summed E-state index contributed by atoms with van der Waals surface area (Å²) in [5.41, 5.74) is -1.96. The minimum Gasteiger partial charge on any atom is -0.492 e. The van der Waals surface area contributed by atoms with E-state index in [2.05, 4.69) is 10.2 Å². The molecule has 1 saturated heterocycles. The van der Waals surface area contributed by atoms with Crippen LogP contribution in [0.4, 0.5) is 17.6 Å². The van der Waals surface area contributed by atoms with Gasteiger partial charge >= 0.3 is 6.18 Å². The highest BCUT2D eigenvalue weighted by molar-refractivity contribution is 5.78. The van der Waals surface area contributed by atoms with Gasteiger partial charge in [-0.2, -0.15) is 13.2 Å². The Hall–Kier alpha value is -3.34. The lowest BCUT2D eigenvalue weighted by Gasteiger charge is -2.26. The molecule has 0 aliphatic carbocycles. The van der Waals surface area contributed by atoms with Crippen molar-refractivity contribution in [3.63, 3.8) is 0 Å². The number of carbonyl (C=O) groups excluding carboxylic acids is 1. The van der Waals surface area contributed by atoms with Gasteiger partial charge in [0.05, 0.1) is 24.1 Å². The number of amides is 1. The minimum atomic E-state index is -4.94. The van der Waals surface area contributed by atoms with Crippen molar-refractivity contribution in [2.75, 3.05) is 26.2 Å². The average molecular weight is 565 g/mol. The van der Waals surface area contributed by atoms with Gasteiger partial charge in [-0.05, 0) is 78.2 Å². The third-order valence-corrected chi connectivity index (χ3v) is 6.93. The van der Waals surface area contributed by atoms with Crippen molar-refractivity contribution in [1.82, 2.24) is 19.2 Å². The van der Waals surface area contributed by atoms with E-state index in [1.54, 1.807) is 44.4 Å². The number of aromatic nitrogens is 2. The molecule has 218 valence electrons. The number of fused-ring (bicyclic) bond motifs is 1. The fourth-order valence-corrected chi connectivity index (χ4v) is 5.18. The number of carbonyl (C=O) groups is 1. The van der Waals surface area contributed by atoms with Crippen LogP contribution in [-0.2, 0) is 17.5 Å². The number of alkyl halides is 3. The second-order valence-corrected chi connectivity index (χ2v) is 11.4. The van der Waals surface area contributed by atoms with E-state index in [4.69, 9.17) is 4.74 Å². The van der Waals surface area contributed by atoms with Crippen molar-refractivity contribution in [3.8, 4) is 17.0 Å². The summed E-state index contributed by atoms with van der Waals surface area (Å²) in [5, 5.41) is 2.78. The lowest BCUT2D eigenvalue weighted by molar-refractivity contribution is -0.140. The predicted molar refractivity (Wildman–Crippen MR) is 145 cm³/mol. The third kappa shape index (κ3) is 6.86. The molecule has 7 nitrogen and oxygen atoms in total. The first kappa shape index (κ1) is 29.6. The lowest BCUT2D eigenvalue weighted by Crippen LogP contribution is -2.44. The zero-order valence-electron chi connectivity index (χ0n) is 23.3. The van der Waals surface area contributed by atoms with E-state index in [9.17, 15) is 27.2 Å². The maximum absolute atomic E-state index is 14.1. The van der Waals surface area contributed by atoms with Crippen molar-refractivity contribution in [1.29, 1.82) is 0 Å². The zero-order chi connectivity index (χ0) is 29.2. The fourth-order valence-electron chi connectivity index (χ4n) is 5.18. The van der Waals surface area contributed by atoms with Crippen LogP contribution in [0.3, 0.4) is 0 Å². The molecule has 0 unspecified atom stereocenters. The highest BCUT2D eigenvalue weighted by atomic mass is 19.4. The van der Waals surface area contributed by atoms with Crippen molar-refractivity contribution in [3.05, 3.63) is 57.9 Å². The molecule has 1 aromatic carbocycles. The van der Waals surface area contributed by atoms with Crippen LogP contribution in [0.15, 0.2) is 35.3 Å². The van der Waals surface area contributed by atoms with E-state index >= 15 is 0 Å². The second kappa shape index (κ2) is 11.6. The number of piperidine rings is 1. The van der Waals surface area contributed by atoms with Gasteiger partial charge in [-0.25, -0.2) is 4.39 Å². The van der Waals surface area contributed by atoms with Crippen LogP contribution in [0.1, 0.15) is 57.7 Å². The highest BCUT2D eigenvalue weighted by Crippen LogP contribution is 2.35. The maximum atomic E-state index is 14.1. The van der Waals surface area contributed by atoms with E-state index in [0.717, 1.165) is 36.7 Å². The second-order valence-electron chi connectivity index (χ2n) is 11.4. The number of nitrogens with one attached hydrogen (secondary N) is 1. The Morgan fingerprint density at radius 3 is 2.42 bits per heavy atom. The molecule has 40 heavy (non-hydrogen) atoms. The Morgan fingerprint density at radius 2 is 1.77 bits per heavy atom. The van der Waals surface area contributed by atoms with Gasteiger partial charge in [-0.3, -0.25) is 14.2 Å². The van der Waals surface area contributed by atoms with Crippen LogP contribution < -0.4 is 15.6 Å². The molecule has 0 spiro atoms. The molecule has 2 aromatic heterocycles. The van der Waals surface area contributed by atoms with Gasteiger partial charge in [0.1, 0.15) is 23.6 Å². The molecule has 4 rings (SSSR count). The van der Waals surface area contributed by atoms with E-state index < -0.39 is 41.1 Å². The molecule has 3 aromatic rings. The summed E-state index contributed by atoms with van der Waals surface area (Å²) >= 11 is 0. The predicted octanol–water partition coefficient (Wildman–Crippen LogP) is 5.40. The molecular weight excluding hydrogens is 528 g/mol. The molecule has 1 amide bonds. The molecule has 1 N–H and O–H groups in total. The number of benzene rings is 1. The average Bonchev–Trinajstić information content (AvgIpc) is 3.30. The Balaban J connectivity index is 1.72. The molecule has 0 bridgehead atoms. The molecule has 0 saturated carbocycles. The summed E-state index contributed by atoms with van der Waals surface area (Å²) in [6.45, 7) is 10.1. The van der Waals surface area contributed by atoms with Crippen LogP contribution in [0.5, 0.6) is 5.75 Å². The van der Waals surface area contributed by atoms with Crippen LogP contribution in [0.2, 0.25) is 0 Å². The Kier molecular flexibility index (Phi) is 8.63. The van der Waals surface area contributed by atoms with Crippen LogP contribution in [0, 0.1) is 12.7 Å². The first-order valence-corrected chi connectivity index (χ1v) is 13.5. The van der Waals surface area contributed by atoms with Crippen LogP contribution in [-0.4, -0.2) is 51.6 Å². The Labute approximate surface area is 230 Å². The van der Waals surface area contributed by atoms with Gasteiger partial charge in [0, 0.05) is 29.4 Å². The number of ether oxygens (including phenoxy) is 1. The number of nitrogens with zero attached hydrogens (tertiary/aromatic N) is 3. The summed E-state index contributed by atoms with van der Waals surface area (Å²) in [7, 11) is 0. The van der Waals surface area contributed by atoms with Crippen molar-refractivity contribution < 1.29 is 27.1 Å². The number of hydrogen-bond acceptors (Lipinski definition) is 4. The van der Waals surface area contributed by atoms with Crippen LogP contribution in [0.25, 0.3) is 16.8 Å². The number of halogens is 4. The molecule has 11 heteroatoms. The molecule has 1 aliphatic heterocycles. The molecule has 3 heterocycles. The fraction of sp³-hybridized carbons (Fsp3) is 0.517. The van der Waals surface area contributed by atoms with Crippen molar-refractivity contribution >= 4 is 11.4 Å². The first-order chi connectivity index (χ1) is 18.7. The normalized spacial score (nSPS) is 15.0. The van der Waals surface area contributed by atoms with E-state index in [1.807, 2.05) is 0 Å². The molecular formula is C29H36F4N4O3. The SMILES string of the molecule is Cc1c(-c2ccc(F)c(C(F)(F)F)c2)n(CC(=O)NC(C)(C)C)c(=O)c2cc(OCCCN3CCCCC3)cn12. The zero-order valence-corrected chi connectivity index (χ0v) is 23.3. The number of aryl methyl sites for hydroxylation is 1. The molecule has 0 atom stereocenters. The van der Waals surface area contributed by atoms with Crippen molar-refractivity contribution in [2.45, 2.75) is 71.6 Å². The summed E-state index contributed by atoms with van der Waals surface area (Å²) in [6.07, 6.45) is 1.15. The largest absolute Gasteiger partial charge is 0.492 e. The monoisotopic (exact) mass is 564 g/mol. The van der Waals surface area contributed by atoms with E-state index in [1.165, 1.54) is 25.3 Å². The smallest absolute Gasteiger partial charge is 0.419 e. The standard InChI is InChI=1S/C29H36F4N4O3/c1-19-26(20-9-10-23(30)22(15-20)29(31,32)33)37(18-25(38)34-28(2,3)4)27(39)24-16-21(17-36(19)24)40-14-8-13-35-11-6-5-7-12-35/h9-10,15-17H,5-8,11-14,18H2,1-4H3,(H,34,38). The van der Waals surface area contributed by atoms with Crippen molar-refractivity contribution in [2.24, 2.45) is 0 Å². The van der Waals surface area contributed by atoms with Gasteiger partial charge in [0.2, 0.25) is 5.91 Å². The topological polar surface area (TPSA) is 68.0 Å². The maximum Gasteiger partial charge on any atom is 0.419 e. The lowest BCUT2D eigenvalue weighted by atomic mass is 10.0. The summed E-state index contributed by atoms with van der Waals surface area (Å²) in [6, 6.07) is 4.14. The quantitative estimate of drug-likeness (QED) is 0.294. The summed E-state index contributed by atoms with van der Waals surface area (Å²) in [4.78, 5) is 28.9. The van der Waals surface area contributed by atoms with E-state index in [-0.39, 0.29) is 16.8 Å². The van der Waals surface area contributed by atoms with E-state index in [0.29, 0.717) is 24.1 Å². The number of hydrogen-bond donors (Lipinski definition) is 1. The van der Waals surface area contributed by atoms with Gasteiger partial charge in [0.15, 0.2) is 0 Å². The highest BCUT2D eigenvalue weighted by Gasteiger charge is 2.35. The van der Waals surface area contributed by atoms with Gasteiger partial charge < -0.3 is 19.4 Å². The number of likely N-dealkylation sites (tertiary alicyclic amines) is 1. The molecule has 1 fully saturated rings. The van der Waals surface area contributed by atoms with Gasteiger partial charge in [-0.15, -0.1) is 0 Å². The summed E-state index contributed by atoms with van der Waals surface area (Å²) in [5.74, 6) is -1.47. The number of rotatable bonds is 8. The third-order valence-electron chi connectivity index (χ3n) is 6.93. The minimum absolute atomic E-state index is 0.0357. The molecule has 0 radical (unpaired) electrons.